The van der Waals surface area contributed by atoms with Gasteiger partial charge in [-0.3, -0.25) is 0 Å². The summed E-state index contributed by atoms with van der Waals surface area (Å²) in [4.78, 5) is 8.77. The van der Waals surface area contributed by atoms with Crippen LogP contribution in [0.25, 0.3) is 0 Å². The Hall–Kier alpha value is -2.17. The number of halogens is 1. The molecule has 112 valence electrons. The molecule has 2 rings (SSSR count). The maximum atomic E-state index is 12.8. The summed E-state index contributed by atoms with van der Waals surface area (Å²) < 4.78 is 12.8. The van der Waals surface area contributed by atoms with Crippen molar-refractivity contribution in [3.05, 3.63) is 47.4 Å². The summed E-state index contributed by atoms with van der Waals surface area (Å²) in [6.45, 7) is 5.66. The summed E-state index contributed by atoms with van der Waals surface area (Å²) >= 11 is 0. The molecule has 0 saturated heterocycles. The number of aromatic nitrogens is 2. The molecule has 0 fully saturated rings. The van der Waals surface area contributed by atoms with Crippen LogP contribution in [0.2, 0.25) is 0 Å². The Morgan fingerprint density at radius 3 is 2.52 bits per heavy atom. The van der Waals surface area contributed by atoms with Gasteiger partial charge in [0.05, 0.1) is 0 Å². The fraction of sp³-hybridized carbons (Fsp3) is 0.375. The summed E-state index contributed by atoms with van der Waals surface area (Å²) in [5, 5.41) is 6.47. The first-order chi connectivity index (χ1) is 10.2. The minimum atomic E-state index is -0.204. The molecular formula is C16H21FN4. The summed E-state index contributed by atoms with van der Waals surface area (Å²) in [5.41, 5.74) is 2.02. The minimum absolute atomic E-state index is 0.204. The molecule has 0 amide bonds. The number of nitrogens with zero attached hydrogens (tertiary/aromatic N) is 2. The smallest absolute Gasteiger partial charge is 0.224 e. The van der Waals surface area contributed by atoms with Crippen LogP contribution in [0.15, 0.2) is 30.3 Å². The zero-order valence-electron chi connectivity index (χ0n) is 12.5. The zero-order chi connectivity index (χ0) is 15.1. The first-order valence-corrected chi connectivity index (χ1v) is 7.25. The second kappa shape index (κ2) is 7.57. The molecule has 2 aromatic rings. The van der Waals surface area contributed by atoms with Crippen LogP contribution < -0.4 is 10.6 Å². The molecule has 0 radical (unpaired) electrons. The number of nitrogens with one attached hydrogen (secondary N) is 2. The summed E-state index contributed by atoms with van der Waals surface area (Å²) in [7, 11) is 0. The van der Waals surface area contributed by atoms with Gasteiger partial charge in [-0.2, -0.15) is 4.98 Å². The molecule has 0 aliphatic carbocycles. The molecule has 0 spiro atoms. The van der Waals surface area contributed by atoms with Gasteiger partial charge in [0.2, 0.25) is 5.95 Å². The summed E-state index contributed by atoms with van der Waals surface area (Å²) in [5.74, 6) is 1.26. The van der Waals surface area contributed by atoms with Gasteiger partial charge in [0, 0.05) is 24.8 Å². The van der Waals surface area contributed by atoms with Crippen LogP contribution in [0.3, 0.4) is 0 Å². The van der Waals surface area contributed by atoms with Crippen molar-refractivity contribution >= 4 is 11.8 Å². The Labute approximate surface area is 124 Å². The van der Waals surface area contributed by atoms with Gasteiger partial charge in [-0.25, -0.2) is 9.37 Å². The fourth-order valence-corrected chi connectivity index (χ4v) is 1.96. The third kappa shape index (κ3) is 5.02. The summed E-state index contributed by atoms with van der Waals surface area (Å²) in [6.07, 6.45) is 1.85. The van der Waals surface area contributed by atoms with E-state index in [1.54, 1.807) is 12.1 Å². The van der Waals surface area contributed by atoms with Gasteiger partial charge in [0.15, 0.2) is 0 Å². The largest absolute Gasteiger partial charge is 0.370 e. The lowest BCUT2D eigenvalue weighted by molar-refractivity contribution is 0.627. The molecule has 0 aliphatic rings. The van der Waals surface area contributed by atoms with E-state index in [-0.39, 0.29) is 5.82 Å². The van der Waals surface area contributed by atoms with Gasteiger partial charge in [-0.05, 0) is 37.5 Å². The van der Waals surface area contributed by atoms with Crippen molar-refractivity contribution in [3.63, 3.8) is 0 Å². The Kier molecular flexibility index (Phi) is 5.49. The van der Waals surface area contributed by atoms with E-state index in [0.29, 0.717) is 5.95 Å². The van der Waals surface area contributed by atoms with Crippen molar-refractivity contribution in [1.82, 2.24) is 9.97 Å². The molecular weight excluding hydrogens is 267 g/mol. The quantitative estimate of drug-likeness (QED) is 0.820. The Morgan fingerprint density at radius 2 is 1.81 bits per heavy atom. The van der Waals surface area contributed by atoms with Crippen LogP contribution in [-0.4, -0.2) is 23.1 Å². The Bertz CT molecular complexity index is 569. The Morgan fingerprint density at radius 1 is 1.05 bits per heavy atom. The third-order valence-electron chi connectivity index (χ3n) is 3.02. The lowest BCUT2D eigenvalue weighted by atomic mass is 10.1. The highest BCUT2D eigenvalue weighted by Crippen LogP contribution is 2.10. The lowest BCUT2D eigenvalue weighted by Gasteiger charge is -2.09. The first kappa shape index (κ1) is 15.2. The predicted octanol–water partition coefficient (Wildman–Crippen LogP) is 3.40. The molecule has 0 bridgehead atoms. The highest BCUT2D eigenvalue weighted by Gasteiger charge is 2.01. The maximum Gasteiger partial charge on any atom is 0.224 e. The van der Waals surface area contributed by atoms with Crippen LogP contribution in [0.4, 0.5) is 16.2 Å². The minimum Gasteiger partial charge on any atom is -0.370 e. The van der Waals surface area contributed by atoms with E-state index in [9.17, 15) is 4.39 Å². The van der Waals surface area contributed by atoms with E-state index in [1.807, 2.05) is 13.0 Å². The molecule has 1 heterocycles. The SMILES string of the molecule is CCCNc1nc(C)cc(NCCc2ccc(F)cc2)n1. The zero-order valence-corrected chi connectivity index (χ0v) is 12.5. The van der Waals surface area contributed by atoms with Crippen LogP contribution in [-0.2, 0) is 6.42 Å². The van der Waals surface area contributed by atoms with Gasteiger partial charge in [-0.1, -0.05) is 19.1 Å². The van der Waals surface area contributed by atoms with E-state index < -0.39 is 0 Å². The lowest BCUT2D eigenvalue weighted by Crippen LogP contribution is -2.10. The normalized spacial score (nSPS) is 10.4. The number of anilines is 2. The molecule has 0 aliphatic heterocycles. The van der Waals surface area contributed by atoms with Crippen LogP contribution in [0.1, 0.15) is 24.6 Å². The number of hydrogen-bond acceptors (Lipinski definition) is 4. The topological polar surface area (TPSA) is 49.8 Å². The monoisotopic (exact) mass is 288 g/mol. The molecule has 5 heteroatoms. The fourth-order valence-electron chi connectivity index (χ4n) is 1.96. The van der Waals surface area contributed by atoms with E-state index in [1.165, 1.54) is 12.1 Å². The van der Waals surface area contributed by atoms with Crippen molar-refractivity contribution in [3.8, 4) is 0 Å². The second-order valence-electron chi connectivity index (χ2n) is 4.95. The van der Waals surface area contributed by atoms with E-state index >= 15 is 0 Å². The van der Waals surface area contributed by atoms with Gasteiger partial charge in [-0.15, -0.1) is 0 Å². The van der Waals surface area contributed by atoms with Gasteiger partial charge in [0.1, 0.15) is 11.6 Å². The molecule has 0 unspecified atom stereocenters. The number of aryl methyl sites for hydroxylation is 1. The van der Waals surface area contributed by atoms with Gasteiger partial charge in [0.25, 0.3) is 0 Å². The average molecular weight is 288 g/mol. The van der Waals surface area contributed by atoms with Crippen molar-refractivity contribution in [1.29, 1.82) is 0 Å². The molecule has 21 heavy (non-hydrogen) atoms. The third-order valence-corrected chi connectivity index (χ3v) is 3.02. The maximum absolute atomic E-state index is 12.8. The van der Waals surface area contributed by atoms with Crippen LogP contribution in [0.5, 0.6) is 0 Å². The van der Waals surface area contributed by atoms with Gasteiger partial charge >= 0.3 is 0 Å². The van der Waals surface area contributed by atoms with E-state index in [2.05, 4.69) is 27.5 Å². The van der Waals surface area contributed by atoms with Crippen molar-refractivity contribution in [2.75, 3.05) is 23.7 Å². The second-order valence-corrected chi connectivity index (χ2v) is 4.95. The first-order valence-electron chi connectivity index (χ1n) is 7.25. The standard InChI is InChI=1S/C16H21FN4/c1-3-9-19-16-20-12(2)11-15(21-16)18-10-8-13-4-6-14(17)7-5-13/h4-7,11H,3,8-10H2,1-2H3,(H2,18,19,20,21). The average Bonchev–Trinajstić information content (AvgIpc) is 2.47. The van der Waals surface area contributed by atoms with Crippen molar-refractivity contribution in [2.45, 2.75) is 26.7 Å². The molecule has 4 nitrogen and oxygen atoms in total. The van der Waals surface area contributed by atoms with Crippen molar-refractivity contribution < 1.29 is 4.39 Å². The Balaban J connectivity index is 1.90. The highest BCUT2D eigenvalue weighted by atomic mass is 19.1. The van der Waals surface area contributed by atoms with Crippen LogP contribution >= 0.6 is 0 Å². The van der Waals surface area contributed by atoms with Crippen molar-refractivity contribution in [2.24, 2.45) is 0 Å². The number of hydrogen-bond donors (Lipinski definition) is 2. The summed E-state index contributed by atoms with van der Waals surface area (Å²) in [6, 6.07) is 8.49. The molecule has 1 aromatic heterocycles. The molecule has 1 aromatic carbocycles. The van der Waals surface area contributed by atoms with Crippen LogP contribution in [0, 0.1) is 12.7 Å². The highest BCUT2D eigenvalue weighted by molar-refractivity contribution is 5.42. The molecule has 2 N–H and O–H groups in total. The van der Waals surface area contributed by atoms with Gasteiger partial charge < -0.3 is 10.6 Å². The number of benzene rings is 1. The van der Waals surface area contributed by atoms with E-state index in [4.69, 9.17) is 0 Å². The number of rotatable bonds is 7. The molecule has 0 saturated carbocycles. The predicted molar refractivity (Wildman–Crippen MR) is 84.1 cm³/mol. The van der Waals surface area contributed by atoms with E-state index in [0.717, 1.165) is 43.0 Å². The molecule has 0 atom stereocenters.